The van der Waals surface area contributed by atoms with Crippen molar-refractivity contribution in [2.45, 2.75) is 59.8 Å². The van der Waals surface area contributed by atoms with Crippen LogP contribution < -0.4 is 0 Å². The summed E-state index contributed by atoms with van der Waals surface area (Å²) in [6.45, 7) is 15.2. The molecule has 0 heterocycles. The first-order chi connectivity index (χ1) is 7.59. The Balaban J connectivity index is 3.38. The molecule has 1 heteroatoms. The van der Waals surface area contributed by atoms with E-state index in [4.69, 9.17) is 0 Å². The lowest BCUT2D eigenvalue weighted by Crippen LogP contribution is -2.34. The quantitative estimate of drug-likeness (QED) is 0.789. The van der Waals surface area contributed by atoms with Gasteiger partial charge in [-0.05, 0) is 40.5 Å². The lowest BCUT2D eigenvalue weighted by Gasteiger charge is -2.40. The van der Waals surface area contributed by atoms with E-state index >= 15 is 0 Å². The van der Waals surface area contributed by atoms with Gasteiger partial charge in [-0.3, -0.25) is 0 Å². The Morgan fingerprint density at radius 1 is 1.06 bits per heavy atom. The summed E-state index contributed by atoms with van der Waals surface area (Å²) in [6, 6.07) is 6.98. The zero-order valence-electron chi connectivity index (χ0n) is 12.2. The van der Waals surface area contributed by atoms with Crippen LogP contribution in [0.15, 0.2) is 12.1 Å². The second-order valence-corrected chi connectivity index (χ2v) is 6.70. The predicted octanol–water partition coefficient (Wildman–Crippen LogP) is 4.64. The third kappa shape index (κ3) is 2.48. The van der Waals surface area contributed by atoms with Crippen molar-refractivity contribution >= 4 is 0 Å². The van der Waals surface area contributed by atoms with Gasteiger partial charge < -0.3 is 5.11 Å². The van der Waals surface area contributed by atoms with E-state index in [2.05, 4.69) is 54.5 Å². The Morgan fingerprint density at radius 3 is 2.00 bits per heavy atom. The number of aromatic hydroxyl groups is 1. The van der Waals surface area contributed by atoms with E-state index in [9.17, 15) is 5.11 Å². The molecule has 0 bridgehead atoms. The van der Waals surface area contributed by atoms with E-state index in [0.29, 0.717) is 11.7 Å². The van der Waals surface area contributed by atoms with Crippen LogP contribution >= 0.6 is 0 Å². The molecular formula is C16H25O. The number of rotatable bonds is 2. The van der Waals surface area contributed by atoms with Crippen LogP contribution in [0, 0.1) is 11.5 Å². The van der Waals surface area contributed by atoms with Crippen LogP contribution in [0.2, 0.25) is 0 Å². The summed E-state index contributed by atoms with van der Waals surface area (Å²) in [7, 11) is 0. The second kappa shape index (κ2) is 4.36. The highest BCUT2D eigenvalue weighted by Gasteiger charge is 2.36. The first kappa shape index (κ1) is 14.1. The van der Waals surface area contributed by atoms with Crippen LogP contribution in [0.3, 0.4) is 0 Å². The lowest BCUT2D eigenvalue weighted by atomic mass is 9.65. The van der Waals surface area contributed by atoms with E-state index in [1.807, 2.05) is 12.1 Å². The fourth-order valence-electron chi connectivity index (χ4n) is 1.83. The van der Waals surface area contributed by atoms with Gasteiger partial charge in [0.05, 0.1) is 0 Å². The molecule has 0 spiro atoms. The zero-order valence-corrected chi connectivity index (χ0v) is 12.2. The first-order valence-corrected chi connectivity index (χ1v) is 6.32. The molecule has 17 heavy (non-hydrogen) atoms. The molecule has 0 saturated carbocycles. The summed E-state index contributed by atoms with van der Waals surface area (Å²) in [5.74, 6) is 0.764. The highest BCUT2D eigenvalue weighted by molar-refractivity contribution is 5.46. The van der Waals surface area contributed by atoms with E-state index in [1.54, 1.807) is 0 Å². The van der Waals surface area contributed by atoms with Crippen molar-refractivity contribution in [3.05, 3.63) is 29.3 Å². The van der Waals surface area contributed by atoms with Gasteiger partial charge in [-0.25, -0.2) is 0 Å². The van der Waals surface area contributed by atoms with Crippen LogP contribution in [0.1, 0.15) is 65.5 Å². The van der Waals surface area contributed by atoms with Gasteiger partial charge in [-0.1, -0.05) is 48.5 Å². The summed E-state index contributed by atoms with van der Waals surface area (Å²) in [5, 5.41) is 10.4. The van der Waals surface area contributed by atoms with Crippen molar-refractivity contribution < 1.29 is 5.11 Å². The lowest BCUT2D eigenvalue weighted by molar-refractivity contribution is 0.219. The third-order valence-electron chi connectivity index (χ3n) is 4.17. The Labute approximate surface area is 106 Å². The first-order valence-electron chi connectivity index (χ1n) is 6.32. The number of hydrogen-bond donors (Lipinski definition) is 1. The van der Waals surface area contributed by atoms with E-state index in [-0.39, 0.29) is 10.8 Å². The molecule has 0 aromatic heterocycles. The van der Waals surface area contributed by atoms with Crippen molar-refractivity contribution in [1.82, 2.24) is 0 Å². The summed E-state index contributed by atoms with van der Waals surface area (Å²) in [4.78, 5) is 0. The molecule has 1 aromatic rings. The van der Waals surface area contributed by atoms with Crippen molar-refractivity contribution in [3.63, 3.8) is 0 Å². The monoisotopic (exact) mass is 233 g/mol. The molecule has 0 aliphatic rings. The molecule has 0 saturated heterocycles. The molecular weight excluding hydrogens is 208 g/mol. The summed E-state index contributed by atoms with van der Waals surface area (Å²) in [6.07, 6.45) is 0. The molecule has 95 valence electrons. The molecule has 1 radical (unpaired) electrons. The SMILES string of the molecule is CC(C)c1c[c]cc(C(C)(C)C(C)(C)C)c1O. The Kier molecular flexibility index (Phi) is 3.61. The summed E-state index contributed by atoms with van der Waals surface area (Å²) < 4.78 is 0. The smallest absolute Gasteiger partial charge is 0.122 e. The maximum Gasteiger partial charge on any atom is 0.122 e. The van der Waals surface area contributed by atoms with Gasteiger partial charge in [0.2, 0.25) is 0 Å². The predicted molar refractivity (Wildman–Crippen MR) is 73.5 cm³/mol. The molecule has 0 aliphatic carbocycles. The van der Waals surface area contributed by atoms with Crippen LogP contribution in [0.4, 0.5) is 0 Å². The topological polar surface area (TPSA) is 20.2 Å². The summed E-state index contributed by atoms with van der Waals surface area (Å²) >= 11 is 0. The van der Waals surface area contributed by atoms with Crippen molar-refractivity contribution in [1.29, 1.82) is 0 Å². The number of phenolic OH excluding ortho intramolecular Hbond substituents is 1. The molecule has 1 nitrogen and oxygen atoms in total. The molecule has 0 aliphatic heterocycles. The Bertz CT molecular complexity index is 394. The van der Waals surface area contributed by atoms with Gasteiger partial charge in [0.25, 0.3) is 0 Å². The molecule has 1 aromatic carbocycles. The van der Waals surface area contributed by atoms with Crippen molar-refractivity contribution in [2.75, 3.05) is 0 Å². The minimum absolute atomic E-state index is 0.0848. The van der Waals surface area contributed by atoms with Gasteiger partial charge in [0.1, 0.15) is 5.75 Å². The summed E-state index contributed by atoms with van der Waals surface area (Å²) in [5.41, 5.74) is 1.99. The van der Waals surface area contributed by atoms with Gasteiger partial charge in [-0.2, -0.15) is 0 Å². The largest absolute Gasteiger partial charge is 0.507 e. The highest BCUT2D eigenvalue weighted by atomic mass is 16.3. The van der Waals surface area contributed by atoms with Crippen molar-refractivity contribution in [2.24, 2.45) is 5.41 Å². The van der Waals surface area contributed by atoms with E-state index in [1.165, 1.54) is 0 Å². The molecule has 0 unspecified atom stereocenters. The van der Waals surface area contributed by atoms with Crippen LogP contribution in [0.25, 0.3) is 0 Å². The molecule has 1 rings (SSSR count). The van der Waals surface area contributed by atoms with Crippen LogP contribution in [-0.2, 0) is 5.41 Å². The second-order valence-electron chi connectivity index (χ2n) is 6.70. The molecule has 1 N–H and O–H groups in total. The fraction of sp³-hybridized carbons (Fsp3) is 0.625. The molecule has 0 atom stereocenters. The minimum atomic E-state index is -0.0848. The number of benzene rings is 1. The third-order valence-corrected chi connectivity index (χ3v) is 4.17. The number of phenols is 1. The van der Waals surface area contributed by atoms with E-state index in [0.717, 1.165) is 11.1 Å². The Morgan fingerprint density at radius 2 is 1.59 bits per heavy atom. The van der Waals surface area contributed by atoms with Crippen LogP contribution in [-0.4, -0.2) is 5.11 Å². The standard InChI is InChI=1S/C16H25O/c1-11(2)12-9-8-10-13(14(12)17)16(6,7)15(3,4)5/h9-11,17H,1-7H3. The van der Waals surface area contributed by atoms with Crippen LogP contribution in [0.5, 0.6) is 5.75 Å². The molecule has 0 fully saturated rings. The fourth-order valence-corrected chi connectivity index (χ4v) is 1.83. The van der Waals surface area contributed by atoms with Gasteiger partial charge >= 0.3 is 0 Å². The van der Waals surface area contributed by atoms with Gasteiger partial charge in [0.15, 0.2) is 0 Å². The minimum Gasteiger partial charge on any atom is -0.507 e. The molecule has 0 amide bonds. The highest BCUT2D eigenvalue weighted by Crippen LogP contribution is 2.45. The van der Waals surface area contributed by atoms with Crippen molar-refractivity contribution in [3.8, 4) is 5.75 Å². The average Bonchev–Trinajstić information content (AvgIpc) is 2.15. The Hall–Kier alpha value is -0.980. The van der Waals surface area contributed by atoms with E-state index < -0.39 is 0 Å². The maximum absolute atomic E-state index is 10.4. The van der Waals surface area contributed by atoms with Gasteiger partial charge in [0, 0.05) is 5.56 Å². The maximum atomic E-state index is 10.4. The number of hydrogen-bond acceptors (Lipinski definition) is 1. The van der Waals surface area contributed by atoms with Gasteiger partial charge in [-0.15, -0.1) is 0 Å². The zero-order chi connectivity index (χ0) is 13.4. The normalized spacial score (nSPS) is 13.2. The average molecular weight is 233 g/mol.